The number of piperidine rings is 1. The molecule has 0 aromatic carbocycles. The summed E-state index contributed by atoms with van der Waals surface area (Å²) in [7, 11) is -1.55. The zero-order chi connectivity index (χ0) is 21.7. The molecule has 2 aromatic rings. The minimum absolute atomic E-state index is 0.0391. The molecule has 0 amide bonds. The van der Waals surface area contributed by atoms with Crippen LogP contribution in [0, 0.1) is 6.92 Å². The first-order valence-corrected chi connectivity index (χ1v) is 12.0. The number of aryl methyl sites for hydroxylation is 1. The fraction of sp³-hybridized carbons (Fsp3) is 0.550. The number of pyridine rings is 1. The highest BCUT2D eigenvalue weighted by atomic mass is 32.2. The normalized spacial score (nSPS) is 15.1. The van der Waals surface area contributed by atoms with E-state index in [1.54, 1.807) is 13.0 Å². The Balaban J connectivity index is 1.96. The number of anilines is 2. The average Bonchev–Trinajstić information content (AvgIpc) is 2.72. The van der Waals surface area contributed by atoms with E-state index in [-0.39, 0.29) is 11.1 Å². The summed E-state index contributed by atoms with van der Waals surface area (Å²) in [6.07, 6.45) is 5.30. The van der Waals surface area contributed by atoms with Crippen molar-refractivity contribution in [3.8, 4) is 11.6 Å². The maximum Gasteiger partial charge on any atom is 0.262 e. The summed E-state index contributed by atoms with van der Waals surface area (Å²) in [6, 6.07) is 3.21. The summed E-state index contributed by atoms with van der Waals surface area (Å²) in [6.45, 7) is 6.11. The fourth-order valence-electron chi connectivity index (χ4n) is 3.28. The lowest BCUT2D eigenvalue weighted by Gasteiger charge is -2.26. The van der Waals surface area contributed by atoms with Crippen LogP contribution < -0.4 is 19.7 Å². The summed E-state index contributed by atoms with van der Waals surface area (Å²) in [5.74, 6) is 1.44. The Morgan fingerprint density at radius 1 is 1.23 bits per heavy atom. The van der Waals surface area contributed by atoms with Crippen LogP contribution in [0.5, 0.6) is 11.6 Å². The Morgan fingerprint density at radius 3 is 2.60 bits per heavy atom. The topological polar surface area (TPSA) is 107 Å². The summed E-state index contributed by atoms with van der Waals surface area (Å²) in [5, 5.41) is 3.36. The third-order valence-electron chi connectivity index (χ3n) is 4.86. The molecule has 0 radical (unpaired) electrons. The van der Waals surface area contributed by atoms with E-state index in [2.05, 4.69) is 20.3 Å². The molecule has 1 saturated heterocycles. The molecule has 3 rings (SSSR count). The first-order chi connectivity index (χ1) is 14.3. The van der Waals surface area contributed by atoms with E-state index in [0.29, 0.717) is 29.7 Å². The maximum atomic E-state index is 11.8. The van der Waals surface area contributed by atoms with Gasteiger partial charge >= 0.3 is 0 Å². The lowest BCUT2D eigenvalue weighted by atomic mass is 10.1. The van der Waals surface area contributed by atoms with Crippen LogP contribution in [0.3, 0.4) is 0 Å². The van der Waals surface area contributed by atoms with Crippen molar-refractivity contribution in [3.05, 3.63) is 24.2 Å². The van der Waals surface area contributed by atoms with Gasteiger partial charge in [-0.15, -0.1) is 0 Å². The van der Waals surface area contributed by atoms with Crippen LogP contribution >= 0.6 is 0 Å². The predicted octanol–water partition coefficient (Wildman–Crippen LogP) is 2.27. The Morgan fingerprint density at radius 2 is 1.97 bits per heavy atom. The largest absolute Gasteiger partial charge is 0.485 e. The molecule has 164 valence electrons. The highest BCUT2D eigenvalue weighted by molar-refractivity contribution is 7.90. The van der Waals surface area contributed by atoms with Gasteiger partial charge in [0.05, 0.1) is 18.0 Å². The zero-order valence-electron chi connectivity index (χ0n) is 17.9. The second-order valence-electron chi connectivity index (χ2n) is 7.33. The number of nitrogens with one attached hydrogen (secondary N) is 1. The van der Waals surface area contributed by atoms with Gasteiger partial charge in [-0.3, -0.25) is 0 Å². The lowest BCUT2D eigenvalue weighted by molar-refractivity contribution is 0.147. The molecule has 3 heterocycles. The van der Waals surface area contributed by atoms with E-state index >= 15 is 0 Å². The predicted molar refractivity (Wildman–Crippen MR) is 114 cm³/mol. The third kappa shape index (κ3) is 5.17. The number of sulfone groups is 1. The molecule has 1 fully saturated rings. The van der Waals surface area contributed by atoms with Crippen molar-refractivity contribution in [2.45, 2.75) is 44.2 Å². The highest BCUT2D eigenvalue weighted by Crippen LogP contribution is 2.38. The monoisotopic (exact) mass is 435 g/mol. The van der Waals surface area contributed by atoms with Crippen molar-refractivity contribution in [1.29, 1.82) is 0 Å². The molecular weight excluding hydrogens is 406 g/mol. The molecular formula is C20H29N5O4S. The number of hydrogen-bond donors (Lipinski definition) is 1. The second-order valence-corrected chi connectivity index (χ2v) is 9.30. The van der Waals surface area contributed by atoms with Crippen molar-refractivity contribution in [2.24, 2.45) is 0 Å². The van der Waals surface area contributed by atoms with E-state index in [1.807, 2.05) is 18.9 Å². The van der Waals surface area contributed by atoms with Gasteiger partial charge in [0, 0.05) is 13.3 Å². The summed E-state index contributed by atoms with van der Waals surface area (Å²) in [5.41, 5.74) is 1.29. The van der Waals surface area contributed by atoms with Crippen LogP contribution in [0.25, 0.3) is 0 Å². The number of aromatic nitrogens is 3. The third-order valence-corrected chi connectivity index (χ3v) is 5.85. The van der Waals surface area contributed by atoms with Gasteiger partial charge in [0.25, 0.3) is 5.88 Å². The Kier molecular flexibility index (Phi) is 7.09. The van der Waals surface area contributed by atoms with Crippen molar-refractivity contribution in [3.63, 3.8) is 0 Å². The van der Waals surface area contributed by atoms with E-state index in [9.17, 15) is 8.42 Å². The molecule has 2 aromatic heterocycles. The van der Waals surface area contributed by atoms with Gasteiger partial charge in [0.1, 0.15) is 12.4 Å². The molecule has 0 atom stereocenters. The van der Waals surface area contributed by atoms with Gasteiger partial charge in [-0.1, -0.05) is 6.92 Å². The summed E-state index contributed by atoms with van der Waals surface area (Å²) < 4.78 is 35.8. The molecule has 0 unspecified atom stereocenters. The number of nitrogens with zero attached hydrogens (tertiary/aromatic N) is 4. The van der Waals surface area contributed by atoms with E-state index in [4.69, 9.17) is 9.47 Å². The van der Waals surface area contributed by atoms with E-state index in [0.717, 1.165) is 44.3 Å². The van der Waals surface area contributed by atoms with Gasteiger partial charge in [0.15, 0.2) is 20.7 Å². The standard InChI is InChI=1S/C20H29N5O4S/c1-5-12-28-18-19(22-13-23-20(18)29-15-8-10-21-11-9-15)25(3)16-6-7-17(24-14(16)2)30(4,26)27/h6-7,13,15,21H,5,8-12H2,1-4H3. The molecule has 1 N–H and O–H groups in total. The van der Waals surface area contributed by atoms with E-state index < -0.39 is 9.84 Å². The summed E-state index contributed by atoms with van der Waals surface area (Å²) >= 11 is 0. The fourth-order valence-corrected chi connectivity index (χ4v) is 3.90. The first kappa shape index (κ1) is 22.2. The zero-order valence-corrected chi connectivity index (χ0v) is 18.7. The Bertz CT molecular complexity index is 977. The quantitative estimate of drug-likeness (QED) is 0.668. The lowest BCUT2D eigenvalue weighted by Crippen LogP contribution is -2.34. The van der Waals surface area contributed by atoms with Crippen molar-refractivity contribution in [2.75, 3.05) is 37.9 Å². The van der Waals surface area contributed by atoms with Gasteiger partial charge in [-0.2, -0.15) is 4.98 Å². The van der Waals surface area contributed by atoms with Crippen molar-refractivity contribution >= 4 is 21.3 Å². The maximum absolute atomic E-state index is 11.8. The molecule has 1 aliphatic rings. The highest BCUT2D eigenvalue weighted by Gasteiger charge is 2.24. The molecule has 0 aliphatic carbocycles. The van der Waals surface area contributed by atoms with E-state index in [1.165, 1.54) is 12.4 Å². The SMILES string of the molecule is CCCOc1c(OC2CCNCC2)ncnc1N(C)c1ccc(S(C)(=O)=O)nc1C. The average molecular weight is 436 g/mol. The smallest absolute Gasteiger partial charge is 0.262 e. The molecule has 10 heteroatoms. The number of hydrogen-bond acceptors (Lipinski definition) is 9. The number of ether oxygens (including phenoxy) is 2. The van der Waals surface area contributed by atoms with Crippen LogP contribution in [0.15, 0.2) is 23.5 Å². The molecule has 0 saturated carbocycles. The minimum Gasteiger partial charge on any atom is -0.485 e. The van der Waals surface area contributed by atoms with Crippen LogP contribution in [0.1, 0.15) is 31.9 Å². The van der Waals surface area contributed by atoms with Crippen LogP contribution in [-0.2, 0) is 9.84 Å². The molecule has 0 spiro atoms. The van der Waals surface area contributed by atoms with Crippen LogP contribution in [-0.4, -0.2) is 62.5 Å². The minimum atomic E-state index is -3.38. The van der Waals surface area contributed by atoms with Crippen LogP contribution in [0.2, 0.25) is 0 Å². The van der Waals surface area contributed by atoms with Gasteiger partial charge in [-0.05, 0) is 51.4 Å². The molecule has 9 nitrogen and oxygen atoms in total. The molecule has 0 bridgehead atoms. The van der Waals surface area contributed by atoms with Gasteiger partial charge < -0.3 is 19.7 Å². The van der Waals surface area contributed by atoms with Gasteiger partial charge in [0.2, 0.25) is 5.75 Å². The van der Waals surface area contributed by atoms with Crippen molar-refractivity contribution in [1.82, 2.24) is 20.3 Å². The second kappa shape index (κ2) is 9.57. The first-order valence-electron chi connectivity index (χ1n) is 10.1. The van der Waals surface area contributed by atoms with Crippen LogP contribution in [0.4, 0.5) is 11.5 Å². The molecule has 1 aliphatic heterocycles. The molecule has 30 heavy (non-hydrogen) atoms. The Labute approximate surface area is 177 Å². The number of rotatable bonds is 8. The van der Waals surface area contributed by atoms with Gasteiger partial charge in [-0.25, -0.2) is 18.4 Å². The Hall–Kier alpha value is -2.46. The summed E-state index contributed by atoms with van der Waals surface area (Å²) in [4.78, 5) is 14.8. The van der Waals surface area contributed by atoms with Crippen molar-refractivity contribution < 1.29 is 17.9 Å².